The molecule has 0 aromatic carbocycles. The standard InChI is InChI=1S/C11H25N2.C2H6.2CH4/c1-5-13(4)8-6-12(7-9-13)10-11(2)3;1-2;;/h11H,5-10H2,1-4H3;1-2H3;2*1H4/q+1;;;. The minimum absolute atomic E-state index is 0. The van der Waals surface area contributed by atoms with Gasteiger partial charge in [-0.25, -0.2) is 0 Å². The maximum Gasteiger partial charge on any atom is 0.0914 e. The molecule has 2 nitrogen and oxygen atoms in total. The predicted octanol–water partition coefficient (Wildman–Crippen LogP) is 3.72. The first-order chi connectivity index (χ1) is 7.06. The highest BCUT2D eigenvalue weighted by atomic mass is 15.4. The molecule has 1 saturated heterocycles. The van der Waals surface area contributed by atoms with Gasteiger partial charge in [-0.15, -0.1) is 0 Å². The largest absolute Gasteiger partial charge is 0.324 e. The summed E-state index contributed by atoms with van der Waals surface area (Å²) in [4.78, 5) is 2.61. The summed E-state index contributed by atoms with van der Waals surface area (Å²) in [5.41, 5.74) is 0. The van der Waals surface area contributed by atoms with E-state index in [1.807, 2.05) is 13.8 Å². The number of hydrogen-bond donors (Lipinski definition) is 0. The number of quaternary nitrogens is 1. The SMILES string of the molecule is C.C.CC.CC[N+]1(C)CCN(CC(C)C)CC1. The van der Waals surface area contributed by atoms with Gasteiger partial charge in [0.15, 0.2) is 0 Å². The fourth-order valence-electron chi connectivity index (χ4n) is 2.00. The Morgan fingerprint density at radius 2 is 1.47 bits per heavy atom. The lowest BCUT2D eigenvalue weighted by molar-refractivity contribution is -0.912. The van der Waals surface area contributed by atoms with Crippen molar-refractivity contribution in [1.29, 1.82) is 0 Å². The van der Waals surface area contributed by atoms with Gasteiger partial charge >= 0.3 is 0 Å². The number of hydrogen-bond acceptors (Lipinski definition) is 1. The summed E-state index contributed by atoms with van der Waals surface area (Å²) in [6, 6.07) is 0. The van der Waals surface area contributed by atoms with E-state index in [1.165, 1.54) is 43.8 Å². The van der Waals surface area contributed by atoms with Gasteiger partial charge in [0, 0.05) is 19.6 Å². The van der Waals surface area contributed by atoms with E-state index in [-0.39, 0.29) is 14.9 Å². The smallest absolute Gasteiger partial charge is 0.0914 e. The number of nitrogens with zero attached hydrogens (tertiary/aromatic N) is 2. The molecule has 0 N–H and O–H groups in total. The predicted molar refractivity (Wildman–Crippen MR) is 82.5 cm³/mol. The molecule has 1 rings (SSSR count). The lowest BCUT2D eigenvalue weighted by atomic mass is 10.2. The van der Waals surface area contributed by atoms with E-state index in [4.69, 9.17) is 0 Å². The zero-order valence-corrected chi connectivity index (χ0v) is 11.7. The highest BCUT2D eigenvalue weighted by Crippen LogP contribution is 2.10. The third-order valence-corrected chi connectivity index (χ3v) is 3.30. The van der Waals surface area contributed by atoms with Crippen molar-refractivity contribution in [2.24, 2.45) is 5.92 Å². The zero-order chi connectivity index (χ0) is 11.9. The maximum atomic E-state index is 2.61. The molecular formula is C15H39N2+. The maximum absolute atomic E-state index is 2.61. The van der Waals surface area contributed by atoms with E-state index in [9.17, 15) is 0 Å². The lowest BCUT2D eigenvalue weighted by Crippen LogP contribution is -2.57. The average molecular weight is 247 g/mol. The normalized spacial score (nSPS) is 18.5. The summed E-state index contributed by atoms with van der Waals surface area (Å²) in [5, 5.41) is 0. The van der Waals surface area contributed by atoms with Gasteiger partial charge in [0.25, 0.3) is 0 Å². The van der Waals surface area contributed by atoms with Crippen molar-refractivity contribution in [1.82, 2.24) is 4.90 Å². The Hall–Kier alpha value is -0.0800. The van der Waals surface area contributed by atoms with Crippen LogP contribution in [0.5, 0.6) is 0 Å². The second-order valence-electron chi connectivity index (χ2n) is 5.08. The minimum Gasteiger partial charge on any atom is -0.324 e. The van der Waals surface area contributed by atoms with Crippen LogP contribution in [0.4, 0.5) is 0 Å². The lowest BCUT2D eigenvalue weighted by Gasteiger charge is -2.41. The van der Waals surface area contributed by atoms with E-state index in [1.54, 1.807) is 0 Å². The molecule has 108 valence electrons. The van der Waals surface area contributed by atoms with Gasteiger partial charge in [0.05, 0.1) is 26.7 Å². The van der Waals surface area contributed by atoms with Gasteiger partial charge in [-0.2, -0.15) is 0 Å². The molecule has 0 spiro atoms. The molecule has 0 amide bonds. The van der Waals surface area contributed by atoms with Crippen LogP contribution in [0, 0.1) is 5.92 Å². The van der Waals surface area contributed by atoms with E-state index < -0.39 is 0 Å². The van der Waals surface area contributed by atoms with E-state index in [0.717, 1.165) is 5.92 Å². The molecule has 1 heterocycles. The van der Waals surface area contributed by atoms with E-state index in [0.29, 0.717) is 0 Å². The number of piperazine rings is 1. The Morgan fingerprint density at radius 3 is 1.76 bits per heavy atom. The van der Waals surface area contributed by atoms with Gasteiger partial charge in [-0.05, 0) is 12.8 Å². The number of rotatable bonds is 3. The third kappa shape index (κ3) is 8.62. The summed E-state index contributed by atoms with van der Waals surface area (Å²) in [6.45, 7) is 18.7. The van der Waals surface area contributed by atoms with Crippen molar-refractivity contribution in [3.8, 4) is 0 Å². The molecule has 0 unspecified atom stereocenters. The summed E-state index contributed by atoms with van der Waals surface area (Å²) in [6.07, 6.45) is 0. The van der Waals surface area contributed by atoms with Gasteiger partial charge in [-0.1, -0.05) is 42.5 Å². The fourth-order valence-corrected chi connectivity index (χ4v) is 2.00. The minimum atomic E-state index is 0. The summed E-state index contributed by atoms with van der Waals surface area (Å²) < 4.78 is 1.27. The Labute approximate surface area is 112 Å². The van der Waals surface area contributed by atoms with Crippen LogP contribution in [0.1, 0.15) is 49.5 Å². The topological polar surface area (TPSA) is 3.24 Å². The van der Waals surface area contributed by atoms with Crippen molar-refractivity contribution in [2.45, 2.75) is 49.5 Å². The fraction of sp³-hybridized carbons (Fsp3) is 1.00. The van der Waals surface area contributed by atoms with Gasteiger partial charge in [0.2, 0.25) is 0 Å². The van der Waals surface area contributed by atoms with Crippen LogP contribution in [0.15, 0.2) is 0 Å². The Balaban J connectivity index is -0.000000464. The van der Waals surface area contributed by atoms with Crippen LogP contribution in [0.2, 0.25) is 0 Å². The molecule has 0 radical (unpaired) electrons. The molecular weight excluding hydrogens is 208 g/mol. The molecule has 0 aromatic rings. The molecule has 1 fully saturated rings. The quantitative estimate of drug-likeness (QED) is 0.687. The zero-order valence-electron chi connectivity index (χ0n) is 11.7. The molecule has 17 heavy (non-hydrogen) atoms. The van der Waals surface area contributed by atoms with Crippen LogP contribution in [-0.2, 0) is 0 Å². The summed E-state index contributed by atoms with van der Waals surface area (Å²) in [5.74, 6) is 0.818. The van der Waals surface area contributed by atoms with Crippen LogP contribution in [0.25, 0.3) is 0 Å². The van der Waals surface area contributed by atoms with Crippen molar-refractivity contribution >= 4 is 0 Å². The number of likely N-dealkylation sites (N-methyl/N-ethyl adjacent to an activating group) is 1. The van der Waals surface area contributed by atoms with E-state index in [2.05, 4.69) is 32.7 Å². The molecule has 0 atom stereocenters. The van der Waals surface area contributed by atoms with Crippen molar-refractivity contribution in [3.63, 3.8) is 0 Å². The summed E-state index contributed by atoms with van der Waals surface area (Å²) in [7, 11) is 2.38. The van der Waals surface area contributed by atoms with E-state index >= 15 is 0 Å². The highest BCUT2D eigenvalue weighted by Gasteiger charge is 2.26. The first kappa shape index (κ1) is 22.1. The average Bonchev–Trinajstić information content (AvgIpc) is 2.24. The van der Waals surface area contributed by atoms with Crippen LogP contribution in [-0.4, -0.2) is 55.7 Å². The van der Waals surface area contributed by atoms with Crippen molar-refractivity contribution < 1.29 is 4.48 Å². The van der Waals surface area contributed by atoms with Crippen LogP contribution in [0.3, 0.4) is 0 Å². The van der Waals surface area contributed by atoms with Gasteiger partial charge in [0.1, 0.15) is 0 Å². The Kier molecular flexibility index (Phi) is 14.4. The monoisotopic (exact) mass is 247 g/mol. The molecule has 0 bridgehead atoms. The first-order valence-electron chi connectivity index (χ1n) is 6.61. The molecule has 0 aliphatic carbocycles. The van der Waals surface area contributed by atoms with Crippen molar-refractivity contribution in [3.05, 3.63) is 0 Å². The van der Waals surface area contributed by atoms with Crippen molar-refractivity contribution in [2.75, 3.05) is 46.3 Å². The van der Waals surface area contributed by atoms with Gasteiger partial charge in [-0.3, -0.25) is 4.90 Å². The molecule has 0 aromatic heterocycles. The van der Waals surface area contributed by atoms with Crippen LogP contribution < -0.4 is 0 Å². The second kappa shape index (κ2) is 11.0. The second-order valence-corrected chi connectivity index (χ2v) is 5.08. The molecule has 2 heteroatoms. The molecule has 0 saturated carbocycles. The van der Waals surface area contributed by atoms with Crippen LogP contribution >= 0.6 is 0 Å². The first-order valence-corrected chi connectivity index (χ1v) is 6.61. The highest BCUT2D eigenvalue weighted by molar-refractivity contribution is 4.64. The molecule has 1 aliphatic heterocycles. The Morgan fingerprint density at radius 1 is 1.06 bits per heavy atom. The third-order valence-electron chi connectivity index (χ3n) is 3.30. The van der Waals surface area contributed by atoms with Gasteiger partial charge < -0.3 is 4.48 Å². The summed E-state index contributed by atoms with van der Waals surface area (Å²) >= 11 is 0. The Bertz CT molecular complexity index is 147. The molecule has 1 aliphatic rings.